The normalized spacial score (nSPS) is 26.1. The predicted molar refractivity (Wildman–Crippen MR) is 104 cm³/mol. The number of carbonyl (C=O) groups excluding carboxylic acids is 1. The fourth-order valence-corrected chi connectivity index (χ4v) is 5.45. The Kier molecular flexibility index (Phi) is 5.66. The molecule has 0 radical (unpaired) electrons. The maximum atomic E-state index is 12.6. The fraction of sp³-hybridized carbons (Fsp3) is 0.650. The summed E-state index contributed by atoms with van der Waals surface area (Å²) >= 11 is 0. The molecule has 0 spiro atoms. The Morgan fingerprint density at radius 3 is 2.33 bits per heavy atom. The Morgan fingerprint density at radius 2 is 1.85 bits per heavy atom. The van der Waals surface area contributed by atoms with E-state index in [1.165, 1.54) is 18.6 Å². The third-order valence-electron chi connectivity index (χ3n) is 5.89. The average molecular weight is 395 g/mol. The first kappa shape index (κ1) is 20.3. The van der Waals surface area contributed by atoms with E-state index in [0.29, 0.717) is 11.8 Å². The Morgan fingerprint density at radius 1 is 1.19 bits per heavy atom. The molecule has 3 rings (SSSR count). The molecular formula is C20H30N2O4S. The molecule has 1 aromatic carbocycles. The largest absolute Gasteiger partial charge is 0.394 e. The second kappa shape index (κ2) is 7.53. The van der Waals surface area contributed by atoms with Gasteiger partial charge in [0, 0.05) is 6.04 Å². The second-order valence-electron chi connectivity index (χ2n) is 8.92. The number of sulfonamides is 1. The molecule has 6 nitrogen and oxygen atoms in total. The van der Waals surface area contributed by atoms with E-state index >= 15 is 0 Å². The number of hydrogen-bond acceptors (Lipinski definition) is 4. The summed E-state index contributed by atoms with van der Waals surface area (Å²) in [5.41, 5.74) is 0.943. The molecule has 0 saturated heterocycles. The van der Waals surface area contributed by atoms with Gasteiger partial charge < -0.3 is 10.4 Å². The van der Waals surface area contributed by atoms with Crippen molar-refractivity contribution in [1.29, 1.82) is 0 Å². The number of nitrogens with one attached hydrogen (secondary N) is 2. The first-order chi connectivity index (χ1) is 12.6. The monoisotopic (exact) mass is 394 g/mol. The third kappa shape index (κ3) is 4.52. The van der Waals surface area contributed by atoms with Crippen molar-refractivity contribution in [1.82, 2.24) is 10.0 Å². The highest BCUT2D eigenvalue weighted by Gasteiger charge is 2.41. The van der Waals surface area contributed by atoms with Crippen LogP contribution < -0.4 is 10.0 Å². The predicted octanol–water partition coefficient (Wildman–Crippen LogP) is 1.93. The van der Waals surface area contributed by atoms with E-state index in [0.717, 1.165) is 24.8 Å². The molecule has 2 aliphatic carbocycles. The molecule has 4 atom stereocenters. The first-order valence-electron chi connectivity index (χ1n) is 9.64. The molecule has 27 heavy (non-hydrogen) atoms. The average Bonchev–Trinajstić information content (AvgIpc) is 3.22. The van der Waals surface area contributed by atoms with Crippen molar-refractivity contribution in [2.75, 3.05) is 6.61 Å². The second-order valence-corrected chi connectivity index (χ2v) is 10.6. The lowest BCUT2D eigenvalue weighted by Gasteiger charge is -2.25. The zero-order valence-electron chi connectivity index (χ0n) is 16.2. The maximum absolute atomic E-state index is 12.6. The third-order valence-corrected chi connectivity index (χ3v) is 7.38. The van der Waals surface area contributed by atoms with Crippen molar-refractivity contribution in [2.45, 2.75) is 68.8 Å². The van der Waals surface area contributed by atoms with Crippen LogP contribution in [-0.2, 0) is 20.2 Å². The summed E-state index contributed by atoms with van der Waals surface area (Å²) in [6.45, 7) is 5.58. The molecule has 1 aromatic rings. The standard InChI is InChI=1S/C20H30N2O4S/c1-20(2,3)15-6-8-16(9-7-15)27(25,26)22-18(12-23)19(24)21-17-11-13-4-5-14(17)10-13/h6-9,13-14,17-18,22-23H,4-5,10-12H2,1-3H3,(H,21,24)/t13?,14?,17?,18-/m0/s1. The smallest absolute Gasteiger partial charge is 0.241 e. The van der Waals surface area contributed by atoms with E-state index in [1.54, 1.807) is 12.1 Å². The van der Waals surface area contributed by atoms with Crippen molar-refractivity contribution < 1.29 is 18.3 Å². The summed E-state index contributed by atoms with van der Waals surface area (Å²) in [5.74, 6) is 0.704. The fourth-order valence-electron chi connectivity index (χ4n) is 4.27. The molecule has 0 aromatic heterocycles. The van der Waals surface area contributed by atoms with Crippen LogP contribution in [0.4, 0.5) is 0 Å². The van der Waals surface area contributed by atoms with Crippen LogP contribution in [0.15, 0.2) is 29.2 Å². The molecule has 3 N–H and O–H groups in total. The number of benzene rings is 1. The van der Waals surface area contributed by atoms with E-state index in [1.807, 2.05) is 0 Å². The summed E-state index contributed by atoms with van der Waals surface area (Å²) in [4.78, 5) is 12.6. The summed E-state index contributed by atoms with van der Waals surface area (Å²) < 4.78 is 27.6. The van der Waals surface area contributed by atoms with Crippen LogP contribution in [0.2, 0.25) is 0 Å². The summed E-state index contributed by atoms with van der Waals surface area (Å²) in [7, 11) is -3.89. The van der Waals surface area contributed by atoms with Crippen molar-refractivity contribution in [3.8, 4) is 0 Å². The van der Waals surface area contributed by atoms with Crippen LogP contribution in [0.25, 0.3) is 0 Å². The molecule has 0 heterocycles. The van der Waals surface area contributed by atoms with Gasteiger partial charge in [0.05, 0.1) is 11.5 Å². The van der Waals surface area contributed by atoms with Gasteiger partial charge >= 0.3 is 0 Å². The van der Waals surface area contributed by atoms with E-state index < -0.39 is 28.6 Å². The van der Waals surface area contributed by atoms with E-state index in [4.69, 9.17) is 0 Å². The molecule has 1 amide bonds. The molecule has 2 aliphatic rings. The minimum Gasteiger partial charge on any atom is -0.394 e. The molecule has 2 fully saturated rings. The van der Waals surface area contributed by atoms with Gasteiger partial charge in [-0.1, -0.05) is 39.3 Å². The van der Waals surface area contributed by atoms with Crippen LogP contribution in [-0.4, -0.2) is 38.1 Å². The molecule has 3 unspecified atom stereocenters. The van der Waals surface area contributed by atoms with E-state index in [2.05, 4.69) is 30.8 Å². The highest BCUT2D eigenvalue weighted by Crippen LogP contribution is 2.44. The summed E-state index contributed by atoms with van der Waals surface area (Å²) in [6.07, 6.45) is 4.43. The first-order valence-corrected chi connectivity index (χ1v) is 11.1. The summed E-state index contributed by atoms with van der Waals surface area (Å²) in [6, 6.07) is 5.53. The van der Waals surface area contributed by atoms with Crippen molar-refractivity contribution in [3.63, 3.8) is 0 Å². The highest BCUT2D eigenvalue weighted by molar-refractivity contribution is 7.89. The number of rotatable bonds is 6. The highest BCUT2D eigenvalue weighted by atomic mass is 32.2. The number of hydrogen-bond donors (Lipinski definition) is 3. The molecule has 0 aliphatic heterocycles. The van der Waals surface area contributed by atoms with Gasteiger partial charge in [0.1, 0.15) is 6.04 Å². The van der Waals surface area contributed by atoms with Crippen molar-refractivity contribution in [3.05, 3.63) is 29.8 Å². The van der Waals surface area contributed by atoms with Crippen molar-refractivity contribution in [2.24, 2.45) is 11.8 Å². The van der Waals surface area contributed by atoms with Gasteiger partial charge in [0.15, 0.2) is 0 Å². The number of aliphatic hydroxyl groups excluding tert-OH is 1. The minimum atomic E-state index is -3.89. The van der Waals surface area contributed by atoms with Gasteiger partial charge in [-0.2, -0.15) is 4.72 Å². The van der Waals surface area contributed by atoms with Crippen LogP contribution in [0.3, 0.4) is 0 Å². The van der Waals surface area contributed by atoms with Crippen LogP contribution in [0.5, 0.6) is 0 Å². The number of fused-ring (bicyclic) bond motifs is 2. The molecule has 150 valence electrons. The lowest BCUT2D eigenvalue weighted by Crippen LogP contribution is -2.52. The maximum Gasteiger partial charge on any atom is 0.241 e. The zero-order chi connectivity index (χ0) is 19.8. The lowest BCUT2D eigenvalue weighted by molar-refractivity contribution is -0.124. The SMILES string of the molecule is CC(C)(C)c1ccc(S(=O)(=O)N[C@@H](CO)C(=O)NC2CC3CCC2C3)cc1. The van der Waals surface area contributed by atoms with Crippen LogP contribution in [0, 0.1) is 11.8 Å². The molecule has 2 saturated carbocycles. The molecular weight excluding hydrogens is 364 g/mol. The van der Waals surface area contributed by atoms with Gasteiger partial charge in [0.2, 0.25) is 15.9 Å². The molecule has 2 bridgehead atoms. The van der Waals surface area contributed by atoms with E-state index in [-0.39, 0.29) is 16.4 Å². The van der Waals surface area contributed by atoms with Crippen LogP contribution >= 0.6 is 0 Å². The minimum absolute atomic E-state index is 0.0795. The number of aliphatic hydroxyl groups is 1. The van der Waals surface area contributed by atoms with Crippen molar-refractivity contribution >= 4 is 15.9 Å². The Bertz CT molecular complexity index is 783. The number of carbonyl (C=O) groups is 1. The zero-order valence-corrected chi connectivity index (χ0v) is 17.1. The Balaban J connectivity index is 1.66. The van der Waals surface area contributed by atoms with E-state index in [9.17, 15) is 18.3 Å². The topological polar surface area (TPSA) is 95.5 Å². The Hall–Kier alpha value is -1.44. The Labute approximate surface area is 161 Å². The van der Waals surface area contributed by atoms with Gasteiger partial charge in [-0.15, -0.1) is 0 Å². The van der Waals surface area contributed by atoms with Crippen LogP contribution in [0.1, 0.15) is 52.0 Å². The summed E-state index contributed by atoms with van der Waals surface area (Å²) in [5, 5.41) is 12.5. The lowest BCUT2D eigenvalue weighted by atomic mass is 9.87. The van der Waals surface area contributed by atoms with Gasteiger partial charge in [-0.05, 0) is 54.2 Å². The number of amides is 1. The molecule has 7 heteroatoms. The quantitative estimate of drug-likeness (QED) is 0.687. The van der Waals surface area contributed by atoms with Gasteiger partial charge in [-0.25, -0.2) is 8.42 Å². The van der Waals surface area contributed by atoms with Gasteiger partial charge in [-0.3, -0.25) is 4.79 Å². The van der Waals surface area contributed by atoms with Gasteiger partial charge in [0.25, 0.3) is 0 Å².